The van der Waals surface area contributed by atoms with Crippen LogP contribution in [-0.4, -0.2) is 37.6 Å². The molecule has 1 aliphatic carbocycles. The molecular weight excluding hydrogens is 540 g/mol. The van der Waals surface area contributed by atoms with Crippen LogP contribution in [0.25, 0.3) is 20.9 Å². The maximum absolute atomic E-state index is 13.0. The van der Waals surface area contributed by atoms with Crippen LogP contribution in [0.15, 0.2) is 70.6 Å². The molecule has 3 amide bonds. The molecule has 0 aliphatic heterocycles. The summed E-state index contributed by atoms with van der Waals surface area (Å²) in [6.45, 7) is -0.784. The maximum Gasteiger partial charge on any atom is 0.323 e. The van der Waals surface area contributed by atoms with E-state index in [0.29, 0.717) is 11.4 Å². The third-order valence-corrected chi connectivity index (χ3v) is 5.24. The number of anilines is 2. The summed E-state index contributed by atoms with van der Waals surface area (Å²) in [6.07, 6.45) is 7.57. The molecule has 0 unspecified atom stereocenters. The van der Waals surface area contributed by atoms with Gasteiger partial charge in [-0.1, -0.05) is 28.4 Å². The van der Waals surface area contributed by atoms with Gasteiger partial charge in [0.1, 0.15) is 0 Å². The first-order valence-electron chi connectivity index (χ1n) is 11.6. The second-order valence-corrected chi connectivity index (χ2v) is 8.13. The van der Waals surface area contributed by atoms with Crippen LogP contribution in [0.2, 0.25) is 0 Å². The van der Waals surface area contributed by atoms with Crippen LogP contribution in [0.4, 0.5) is 16.2 Å². The Morgan fingerprint density at radius 2 is 1.68 bits per heavy atom. The van der Waals surface area contributed by atoms with Crippen LogP contribution in [0.1, 0.15) is 23.2 Å². The molecule has 0 aromatic heterocycles. The molecule has 2 aromatic rings. The van der Waals surface area contributed by atoms with Crippen LogP contribution >= 0.6 is 12.2 Å². The number of carbonyl (C=O) groups excluding carboxylic acids is 2. The van der Waals surface area contributed by atoms with Gasteiger partial charge in [0, 0.05) is 32.5 Å². The average molecular weight is 565 g/mol. The quantitative estimate of drug-likeness (QED) is 0.120. The van der Waals surface area contributed by atoms with Crippen molar-refractivity contribution in [1.29, 1.82) is 0 Å². The monoisotopic (exact) mass is 564 g/mol. The summed E-state index contributed by atoms with van der Waals surface area (Å²) >= 11 is 5.28. The third kappa shape index (κ3) is 8.85. The average Bonchev–Trinajstić information content (AvgIpc) is 2.94. The minimum absolute atomic E-state index is 0.000417. The molecule has 0 saturated heterocycles. The summed E-state index contributed by atoms with van der Waals surface area (Å²) in [5.74, 6) is -0.495. The minimum Gasteiger partial charge on any atom is -0.493 e. The van der Waals surface area contributed by atoms with Gasteiger partial charge in [-0.3, -0.25) is 10.1 Å². The summed E-state index contributed by atoms with van der Waals surface area (Å²) in [6, 6.07) is 9.04. The normalized spacial score (nSPS) is 11.5. The van der Waals surface area contributed by atoms with E-state index >= 15 is 0 Å². The molecule has 0 heterocycles. The minimum atomic E-state index is -0.617. The lowest BCUT2D eigenvalue weighted by molar-refractivity contribution is 0.0976. The van der Waals surface area contributed by atoms with Crippen molar-refractivity contribution < 1.29 is 23.8 Å². The Kier molecular flexibility index (Phi) is 11.0. The third-order valence-electron chi connectivity index (χ3n) is 5.03. The SMILES string of the molecule is COc1cc(C(=O)NC(=S)Nc2cccc(NC(=O)NC3=CCCC=C3)c2)cc(OCN=[N+]=[N-])c1OCN=[N+]=[N-]. The van der Waals surface area contributed by atoms with E-state index in [0.717, 1.165) is 18.5 Å². The molecule has 40 heavy (non-hydrogen) atoms. The van der Waals surface area contributed by atoms with Crippen molar-refractivity contribution in [2.24, 2.45) is 10.2 Å². The first kappa shape index (κ1) is 29.1. The van der Waals surface area contributed by atoms with Gasteiger partial charge in [0.05, 0.1) is 7.11 Å². The van der Waals surface area contributed by atoms with Crippen LogP contribution in [-0.2, 0) is 0 Å². The molecule has 1 aliphatic rings. The fraction of sp³-hybridized carbons (Fsp3) is 0.208. The molecule has 3 rings (SSSR count). The number of ether oxygens (including phenoxy) is 3. The molecule has 0 bridgehead atoms. The second kappa shape index (κ2) is 15.1. The van der Waals surface area contributed by atoms with Crippen molar-refractivity contribution >= 4 is 40.6 Å². The van der Waals surface area contributed by atoms with Gasteiger partial charge in [-0.15, -0.1) is 0 Å². The lowest BCUT2D eigenvalue weighted by atomic mass is 10.1. The Labute approximate surface area is 233 Å². The predicted octanol–water partition coefficient (Wildman–Crippen LogP) is 5.47. The number of azide groups is 2. The number of allylic oxidation sites excluding steroid dienone is 3. The highest BCUT2D eigenvalue weighted by Gasteiger charge is 2.19. The molecule has 0 saturated carbocycles. The first-order valence-corrected chi connectivity index (χ1v) is 12.0. The van der Waals surface area contributed by atoms with Gasteiger partial charge < -0.3 is 30.2 Å². The van der Waals surface area contributed by atoms with Crippen molar-refractivity contribution in [1.82, 2.24) is 10.6 Å². The molecular formula is C24H24N10O5S. The fourth-order valence-corrected chi connectivity index (χ4v) is 3.57. The topological polar surface area (TPSA) is 207 Å². The zero-order chi connectivity index (χ0) is 28.7. The number of hydrogen-bond donors (Lipinski definition) is 4. The number of hydrogen-bond acceptors (Lipinski definition) is 8. The van der Waals surface area contributed by atoms with E-state index in [4.69, 9.17) is 37.5 Å². The Balaban J connectivity index is 1.68. The molecule has 0 fully saturated rings. The summed E-state index contributed by atoms with van der Waals surface area (Å²) in [7, 11) is 1.34. The van der Waals surface area contributed by atoms with Crippen molar-refractivity contribution in [3.63, 3.8) is 0 Å². The number of amides is 3. The highest BCUT2D eigenvalue weighted by molar-refractivity contribution is 7.80. The van der Waals surface area contributed by atoms with E-state index in [9.17, 15) is 9.59 Å². The summed E-state index contributed by atoms with van der Waals surface area (Å²) in [5, 5.41) is 17.5. The number of rotatable bonds is 11. The highest BCUT2D eigenvalue weighted by Crippen LogP contribution is 2.39. The van der Waals surface area contributed by atoms with Gasteiger partial charge in [-0.05, 0) is 72.5 Å². The van der Waals surface area contributed by atoms with Crippen LogP contribution in [0.3, 0.4) is 0 Å². The highest BCUT2D eigenvalue weighted by atomic mass is 32.1. The number of nitrogens with one attached hydrogen (secondary N) is 4. The first-order chi connectivity index (χ1) is 19.4. The fourth-order valence-electron chi connectivity index (χ4n) is 3.36. The van der Waals surface area contributed by atoms with Crippen molar-refractivity contribution in [3.05, 3.63) is 86.8 Å². The molecule has 16 heteroatoms. The lowest BCUT2D eigenvalue weighted by Crippen LogP contribution is -2.34. The zero-order valence-electron chi connectivity index (χ0n) is 21.2. The maximum atomic E-state index is 13.0. The van der Waals surface area contributed by atoms with Gasteiger partial charge in [-0.2, -0.15) is 0 Å². The van der Waals surface area contributed by atoms with E-state index < -0.39 is 18.7 Å². The Hall–Kier alpha value is -5.43. The van der Waals surface area contributed by atoms with Crippen LogP contribution in [0.5, 0.6) is 17.2 Å². The van der Waals surface area contributed by atoms with Crippen LogP contribution < -0.4 is 35.5 Å². The second-order valence-electron chi connectivity index (χ2n) is 7.72. The number of methoxy groups -OCH3 is 1. The van der Waals surface area contributed by atoms with Gasteiger partial charge in [-0.25, -0.2) is 4.79 Å². The predicted molar refractivity (Wildman–Crippen MR) is 151 cm³/mol. The standard InChI is InChI=1S/C24H24N10O5S/c1-37-19-10-15(11-20(38-13-27-33-25)21(19)39-14-28-34-26)22(35)32-24(40)31-18-9-5-8-17(12-18)30-23(36)29-16-6-3-2-4-7-16/h3,5-12H,2,4,13-14H2,1H3,(H2,29,30,36)(H2,31,32,35,40). The van der Waals surface area contributed by atoms with Crippen molar-refractivity contribution in [2.45, 2.75) is 12.8 Å². The van der Waals surface area contributed by atoms with E-state index in [1.165, 1.54) is 19.2 Å². The molecule has 15 nitrogen and oxygen atoms in total. The summed E-state index contributed by atoms with van der Waals surface area (Å²) in [4.78, 5) is 30.5. The van der Waals surface area contributed by atoms with E-state index in [-0.39, 0.29) is 34.7 Å². The van der Waals surface area contributed by atoms with Gasteiger partial charge in [0.25, 0.3) is 5.91 Å². The molecule has 0 radical (unpaired) electrons. The van der Waals surface area contributed by atoms with Gasteiger partial charge in [0.15, 0.2) is 30.1 Å². The van der Waals surface area contributed by atoms with E-state index in [2.05, 4.69) is 41.3 Å². The van der Waals surface area contributed by atoms with E-state index in [1.807, 2.05) is 18.2 Å². The molecule has 206 valence electrons. The number of benzene rings is 2. The zero-order valence-corrected chi connectivity index (χ0v) is 22.0. The lowest BCUT2D eigenvalue weighted by Gasteiger charge is -2.16. The summed E-state index contributed by atoms with van der Waals surface area (Å²) < 4.78 is 16.1. The number of thiocarbonyl (C=S) groups is 1. The number of carbonyl (C=O) groups is 2. The van der Waals surface area contributed by atoms with Crippen molar-refractivity contribution in [2.75, 3.05) is 31.2 Å². The Morgan fingerprint density at radius 1 is 0.975 bits per heavy atom. The van der Waals surface area contributed by atoms with Gasteiger partial charge >= 0.3 is 6.03 Å². The van der Waals surface area contributed by atoms with Gasteiger partial charge in [0.2, 0.25) is 5.75 Å². The Morgan fingerprint density at radius 3 is 2.35 bits per heavy atom. The molecule has 0 spiro atoms. The largest absolute Gasteiger partial charge is 0.493 e. The van der Waals surface area contributed by atoms with Crippen LogP contribution in [0, 0.1) is 0 Å². The van der Waals surface area contributed by atoms with Crippen molar-refractivity contribution in [3.8, 4) is 17.2 Å². The van der Waals surface area contributed by atoms with E-state index in [1.54, 1.807) is 24.3 Å². The Bertz CT molecular complexity index is 1430. The summed E-state index contributed by atoms with van der Waals surface area (Å²) in [5.41, 5.74) is 18.8. The molecule has 2 aromatic carbocycles. The number of nitrogens with zero attached hydrogens (tertiary/aromatic N) is 6. The smallest absolute Gasteiger partial charge is 0.323 e. The number of urea groups is 1. The molecule has 0 atom stereocenters. The molecule has 4 N–H and O–H groups in total.